The molecule has 1 aromatic carbocycles. The van der Waals surface area contributed by atoms with Crippen molar-refractivity contribution in [2.75, 3.05) is 14.2 Å². The van der Waals surface area contributed by atoms with Crippen LogP contribution < -0.4 is 14.8 Å². The molecule has 0 amide bonds. The molecule has 0 bridgehead atoms. The van der Waals surface area contributed by atoms with E-state index in [0.29, 0.717) is 18.0 Å². The summed E-state index contributed by atoms with van der Waals surface area (Å²) in [7, 11) is 3.16. The van der Waals surface area contributed by atoms with Crippen LogP contribution in [-0.2, 0) is 6.54 Å². The zero-order valence-electron chi connectivity index (χ0n) is 9.66. The van der Waals surface area contributed by atoms with Gasteiger partial charge in [0.05, 0.1) is 20.3 Å². The minimum atomic E-state index is -0.134. The molecule has 1 atom stereocenters. The number of benzene rings is 1. The second-order valence-electron chi connectivity index (χ2n) is 3.83. The topological polar surface area (TPSA) is 47.6 Å². The fraction of sp³-hybridized carbons (Fsp3) is 0.417. The third-order valence-electron chi connectivity index (χ3n) is 2.87. The maximum Gasteiger partial charge on any atom is 0.179 e. The number of hydrogen-bond acceptors (Lipinski definition) is 4. The van der Waals surface area contributed by atoms with Crippen LogP contribution in [0.15, 0.2) is 12.1 Å². The quantitative estimate of drug-likeness (QED) is 0.819. The third-order valence-corrected chi connectivity index (χ3v) is 2.87. The summed E-state index contributed by atoms with van der Waals surface area (Å²) >= 11 is 0. The van der Waals surface area contributed by atoms with Gasteiger partial charge in [0.15, 0.2) is 17.3 Å². The maximum atomic E-state index is 11.9. The minimum absolute atomic E-state index is 0.0993. The second kappa shape index (κ2) is 4.14. The summed E-state index contributed by atoms with van der Waals surface area (Å²) in [5.74, 6) is 1.36. The fourth-order valence-electron chi connectivity index (χ4n) is 1.89. The van der Waals surface area contributed by atoms with Gasteiger partial charge in [-0.2, -0.15) is 0 Å². The van der Waals surface area contributed by atoms with E-state index in [2.05, 4.69) is 5.32 Å². The first kappa shape index (κ1) is 11.0. The highest BCUT2D eigenvalue weighted by Crippen LogP contribution is 2.32. The molecule has 0 spiro atoms. The number of methoxy groups -OCH3 is 2. The smallest absolute Gasteiger partial charge is 0.179 e. The van der Waals surface area contributed by atoms with E-state index in [-0.39, 0.29) is 11.8 Å². The molecule has 16 heavy (non-hydrogen) atoms. The average Bonchev–Trinajstić information content (AvgIpc) is 2.32. The number of ether oxygens (including phenoxy) is 2. The predicted molar refractivity (Wildman–Crippen MR) is 60.2 cm³/mol. The van der Waals surface area contributed by atoms with Gasteiger partial charge in [-0.1, -0.05) is 0 Å². The van der Waals surface area contributed by atoms with Crippen molar-refractivity contribution < 1.29 is 14.3 Å². The van der Waals surface area contributed by atoms with Crippen LogP contribution in [0.1, 0.15) is 22.8 Å². The maximum absolute atomic E-state index is 11.9. The van der Waals surface area contributed by atoms with E-state index in [1.165, 1.54) is 0 Å². The monoisotopic (exact) mass is 221 g/mol. The first-order valence-electron chi connectivity index (χ1n) is 5.20. The van der Waals surface area contributed by atoms with Crippen LogP contribution in [0.25, 0.3) is 0 Å². The normalized spacial score (nSPS) is 19.2. The first-order chi connectivity index (χ1) is 7.67. The Balaban J connectivity index is 2.52. The summed E-state index contributed by atoms with van der Waals surface area (Å²) in [5, 5.41) is 3.13. The van der Waals surface area contributed by atoms with E-state index < -0.39 is 0 Å². The molecule has 0 radical (unpaired) electrons. The molecule has 1 aromatic rings. The number of Topliss-reactive ketones (excluding diaryl/α,β-unsaturated/α-hetero) is 1. The Morgan fingerprint density at radius 3 is 2.50 bits per heavy atom. The second-order valence-corrected chi connectivity index (χ2v) is 3.83. The summed E-state index contributed by atoms with van der Waals surface area (Å²) in [5.41, 5.74) is 1.68. The number of rotatable bonds is 2. The van der Waals surface area contributed by atoms with E-state index in [4.69, 9.17) is 9.47 Å². The van der Waals surface area contributed by atoms with Crippen molar-refractivity contribution in [1.82, 2.24) is 5.32 Å². The van der Waals surface area contributed by atoms with E-state index in [0.717, 1.165) is 11.1 Å². The molecule has 4 nitrogen and oxygen atoms in total. The summed E-state index contributed by atoms with van der Waals surface area (Å²) in [6, 6.07) is 3.48. The standard InChI is InChI=1S/C12H15NO3/c1-7-12(14)9-5-11(16-3)10(15-2)4-8(9)6-13-7/h4-5,7,13H,6H2,1-3H3. The molecule has 2 rings (SSSR count). The molecule has 0 aliphatic carbocycles. The molecule has 1 unspecified atom stereocenters. The van der Waals surface area contributed by atoms with Gasteiger partial charge in [-0.15, -0.1) is 0 Å². The van der Waals surface area contributed by atoms with Crippen molar-refractivity contribution in [3.8, 4) is 11.5 Å². The molecule has 0 fully saturated rings. The summed E-state index contributed by atoms with van der Waals surface area (Å²) in [4.78, 5) is 11.9. The molecule has 1 aliphatic rings. The summed E-state index contributed by atoms with van der Waals surface area (Å²) in [6.07, 6.45) is 0. The Kier molecular flexibility index (Phi) is 2.83. The van der Waals surface area contributed by atoms with Gasteiger partial charge in [0.25, 0.3) is 0 Å². The molecular formula is C12H15NO3. The van der Waals surface area contributed by atoms with Gasteiger partial charge in [0.2, 0.25) is 0 Å². The van der Waals surface area contributed by atoms with Crippen LogP contribution in [-0.4, -0.2) is 26.0 Å². The molecule has 0 saturated carbocycles. The van der Waals surface area contributed by atoms with E-state index >= 15 is 0 Å². The van der Waals surface area contributed by atoms with Gasteiger partial charge in [0, 0.05) is 12.1 Å². The van der Waals surface area contributed by atoms with Crippen molar-refractivity contribution in [3.63, 3.8) is 0 Å². The lowest BCUT2D eigenvalue weighted by Gasteiger charge is -2.23. The van der Waals surface area contributed by atoms with E-state index in [1.807, 2.05) is 13.0 Å². The van der Waals surface area contributed by atoms with Crippen molar-refractivity contribution in [2.24, 2.45) is 0 Å². The van der Waals surface area contributed by atoms with Crippen molar-refractivity contribution >= 4 is 5.78 Å². The Labute approximate surface area is 94.6 Å². The van der Waals surface area contributed by atoms with E-state index in [9.17, 15) is 4.79 Å². The molecule has 4 heteroatoms. The van der Waals surface area contributed by atoms with Crippen molar-refractivity contribution in [1.29, 1.82) is 0 Å². The van der Waals surface area contributed by atoms with Crippen LogP contribution >= 0.6 is 0 Å². The molecule has 0 saturated heterocycles. The van der Waals surface area contributed by atoms with Gasteiger partial charge in [-0.3, -0.25) is 4.79 Å². The van der Waals surface area contributed by atoms with Gasteiger partial charge in [0.1, 0.15) is 0 Å². The Hall–Kier alpha value is -1.55. The van der Waals surface area contributed by atoms with Gasteiger partial charge in [-0.05, 0) is 24.6 Å². The summed E-state index contributed by atoms with van der Waals surface area (Å²) < 4.78 is 10.4. The Bertz CT molecular complexity index is 429. The van der Waals surface area contributed by atoms with Crippen LogP contribution in [0, 0.1) is 0 Å². The molecule has 1 heterocycles. The number of fused-ring (bicyclic) bond motifs is 1. The van der Waals surface area contributed by atoms with Crippen LogP contribution in [0.3, 0.4) is 0 Å². The van der Waals surface area contributed by atoms with Crippen molar-refractivity contribution in [3.05, 3.63) is 23.3 Å². The number of hydrogen-bond donors (Lipinski definition) is 1. The largest absolute Gasteiger partial charge is 0.493 e. The summed E-state index contributed by atoms with van der Waals surface area (Å²) in [6.45, 7) is 2.55. The fourth-order valence-corrected chi connectivity index (χ4v) is 1.89. The minimum Gasteiger partial charge on any atom is -0.493 e. The third kappa shape index (κ3) is 1.65. The van der Waals surface area contributed by atoms with E-state index in [1.54, 1.807) is 20.3 Å². The zero-order valence-corrected chi connectivity index (χ0v) is 9.66. The van der Waals surface area contributed by atoms with Crippen molar-refractivity contribution in [2.45, 2.75) is 19.5 Å². The van der Waals surface area contributed by atoms with Gasteiger partial charge in [-0.25, -0.2) is 0 Å². The Morgan fingerprint density at radius 1 is 1.25 bits per heavy atom. The molecule has 1 aliphatic heterocycles. The van der Waals surface area contributed by atoms with Crippen LogP contribution in [0.4, 0.5) is 0 Å². The number of nitrogens with one attached hydrogen (secondary N) is 1. The van der Waals surface area contributed by atoms with Gasteiger partial charge >= 0.3 is 0 Å². The highest BCUT2D eigenvalue weighted by atomic mass is 16.5. The number of ketones is 1. The molecular weight excluding hydrogens is 206 g/mol. The zero-order chi connectivity index (χ0) is 11.7. The number of carbonyl (C=O) groups is 1. The molecule has 1 N–H and O–H groups in total. The lowest BCUT2D eigenvalue weighted by atomic mass is 9.94. The number of carbonyl (C=O) groups excluding carboxylic acids is 1. The lowest BCUT2D eigenvalue weighted by molar-refractivity contribution is 0.0938. The average molecular weight is 221 g/mol. The molecule has 0 aromatic heterocycles. The van der Waals surface area contributed by atoms with Crippen LogP contribution in [0.2, 0.25) is 0 Å². The van der Waals surface area contributed by atoms with Gasteiger partial charge < -0.3 is 14.8 Å². The highest BCUT2D eigenvalue weighted by Gasteiger charge is 2.25. The SMILES string of the molecule is COc1cc2c(cc1OC)C(=O)C(C)NC2. The predicted octanol–water partition coefficient (Wildman–Crippen LogP) is 1.38. The first-order valence-corrected chi connectivity index (χ1v) is 5.20. The highest BCUT2D eigenvalue weighted by molar-refractivity contribution is 6.02. The Morgan fingerprint density at radius 2 is 1.88 bits per heavy atom. The van der Waals surface area contributed by atoms with Crippen LogP contribution in [0.5, 0.6) is 11.5 Å². The molecule has 86 valence electrons. The lowest BCUT2D eigenvalue weighted by Crippen LogP contribution is -2.38.